The highest BCUT2D eigenvalue weighted by atomic mass is 16.5. The molecule has 0 saturated carbocycles. The molecule has 0 bridgehead atoms. The summed E-state index contributed by atoms with van der Waals surface area (Å²) in [5.74, 6) is -0.535. The molecule has 4 rings (SSSR count). The maximum atomic E-state index is 13.6. The molecule has 33 heavy (non-hydrogen) atoms. The van der Waals surface area contributed by atoms with Crippen LogP contribution in [-0.2, 0) is 25.5 Å². The van der Waals surface area contributed by atoms with Gasteiger partial charge in [-0.05, 0) is 23.6 Å². The summed E-state index contributed by atoms with van der Waals surface area (Å²) < 4.78 is 10.5. The number of hydrogen-bond acceptors (Lipinski definition) is 5. The molecular weight excluding hydrogens is 418 g/mol. The summed E-state index contributed by atoms with van der Waals surface area (Å²) in [6, 6.07) is 17.4. The molecule has 2 aromatic carbocycles. The van der Waals surface area contributed by atoms with Crippen molar-refractivity contribution in [1.82, 2.24) is 14.8 Å². The van der Waals surface area contributed by atoms with Crippen molar-refractivity contribution in [3.8, 4) is 0 Å². The summed E-state index contributed by atoms with van der Waals surface area (Å²) >= 11 is 0. The molecule has 1 N–H and O–H groups in total. The van der Waals surface area contributed by atoms with Gasteiger partial charge in [-0.15, -0.1) is 0 Å². The molecule has 2 amide bonds. The quantitative estimate of drug-likeness (QED) is 0.457. The molecule has 7 heteroatoms. The van der Waals surface area contributed by atoms with Crippen molar-refractivity contribution in [2.24, 2.45) is 0 Å². The smallest absolute Gasteiger partial charge is 0.277 e. The number of nitrogens with zero attached hydrogens (tertiary/aromatic N) is 2. The average molecular weight is 448 g/mol. The Kier molecular flexibility index (Phi) is 7.22. The number of para-hydroxylation sites is 1. The van der Waals surface area contributed by atoms with Gasteiger partial charge in [-0.25, -0.2) is 0 Å². The van der Waals surface area contributed by atoms with Crippen LogP contribution in [0.4, 0.5) is 0 Å². The number of H-pyrrole nitrogens is 1. The van der Waals surface area contributed by atoms with Crippen molar-refractivity contribution < 1.29 is 19.1 Å². The Morgan fingerprint density at radius 1 is 0.879 bits per heavy atom. The molecule has 1 aromatic heterocycles. The van der Waals surface area contributed by atoms with Gasteiger partial charge in [0.2, 0.25) is 0 Å². The minimum Gasteiger partial charge on any atom is -0.383 e. The number of imide groups is 1. The molecule has 0 radical (unpaired) electrons. The monoisotopic (exact) mass is 447 g/mol. The van der Waals surface area contributed by atoms with E-state index in [-0.39, 0.29) is 11.8 Å². The van der Waals surface area contributed by atoms with E-state index >= 15 is 0 Å². The lowest BCUT2D eigenvalue weighted by atomic mass is 10.0. The van der Waals surface area contributed by atoms with Gasteiger partial charge in [-0.3, -0.25) is 14.5 Å². The summed E-state index contributed by atoms with van der Waals surface area (Å²) in [6.45, 7) is 2.15. The van der Waals surface area contributed by atoms with Gasteiger partial charge >= 0.3 is 0 Å². The first-order chi connectivity index (χ1) is 16.2. The zero-order valence-corrected chi connectivity index (χ0v) is 19.0. The Hall–Kier alpha value is -3.42. The van der Waals surface area contributed by atoms with E-state index < -0.39 is 0 Å². The molecule has 0 aliphatic carbocycles. The van der Waals surface area contributed by atoms with E-state index in [2.05, 4.69) is 4.98 Å². The van der Waals surface area contributed by atoms with E-state index in [9.17, 15) is 9.59 Å². The average Bonchev–Trinajstić information content (AvgIpc) is 3.36. The molecular formula is C26H29N3O4. The summed E-state index contributed by atoms with van der Waals surface area (Å²) in [5.41, 5.74) is 3.71. The lowest BCUT2D eigenvalue weighted by molar-refractivity contribution is -0.137. The molecule has 3 aromatic rings. The van der Waals surface area contributed by atoms with Crippen LogP contribution in [0.5, 0.6) is 0 Å². The number of benzene rings is 2. The number of fused-ring (bicyclic) bond motifs is 1. The normalized spacial score (nSPS) is 14.1. The molecule has 1 aliphatic rings. The van der Waals surface area contributed by atoms with Crippen LogP contribution >= 0.6 is 0 Å². The first-order valence-corrected chi connectivity index (χ1v) is 11.1. The predicted molar refractivity (Wildman–Crippen MR) is 127 cm³/mol. The number of rotatable bonds is 11. The third kappa shape index (κ3) is 4.69. The van der Waals surface area contributed by atoms with Gasteiger partial charge in [-0.2, -0.15) is 0 Å². The van der Waals surface area contributed by atoms with Crippen molar-refractivity contribution in [2.45, 2.75) is 6.42 Å². The Morgan fingerprint density at radius 3 is 2.24 bits per heavy atom. The highest BCUT2D eigenvalue weighted by Gasteiger charge is 2.41. The zero-order valence-electron chi connectivity index (χ0n) is 19.0. The molecule has 0 spiro atoms. The number of carbonyl (C=O) groups is 2. The van der Waals surface area contributed by atoms with Gasteiger partial charge < -0.3 is 19.4 Å². The first-order valence-electron chi connectivity index (χ1n) is 11.1. The van der Waals surface area contributed by atoms with E-state index in [1.54, 1.807) is 14.2 Å². The van der Waals surface area contributed by atoms with Crippen molar-refractivity contribution in [1.29, 1.82) is 0 Å². The van der Waals surface area contributed by atoms with Gasteiger partial charge in [0, 0.05) is 51.0 Å². The topological polar surface area (TPSA) is 74.9 Å². The number of methoxy groups -OCH3 is 2. The second-order valence-corrected chi connectivity index (χ2v) is 7.93. The first kappa shape index (κ1) is 22.8. The zero-order chi connectivity index (χ0) is 23.2. The van der Waals surface area contributed by atoms with Crippen LogP contribution in [0.1, 0.15) is 11.1 Å². The standard InChI is InChI=1S/C26H29N3O4/c1-32-16-14-28(15-17-33-2)24-23(19-8-4-3-5-9-19)25(30)29(26(24)31)13-12-20-18-27-22-11-7-6-10-21(20)22/h3-11,18,27H,12-17H2,1-2H3. The van der Waals surface area contributed by atoms with Crippen molar-refractivity contribution in [3.05, 3.63) is 77.6 Å². The number of aromatic nitrogens is 1. The number of nitrogens with one attached hydrogen (secondary N) is 1. The number of aromatic amines is 1. The summed E-state index contributed by atoms with van der Waals surface area (Å²) in [5, 5.41) is 1.11. The molecule has 0 unspecified atom stereocenters. The van der Waals surface area contributed by atoms with E-state index in [1.165, 1.54) is 4.90 Å². The molecule has 1 aliphatic heterocycles. The number of hydrogen-bond donors (Lipinski definition) is 1. The Morgan fingerprint density at radius 2 is 1.55 bits per heavy atom. The van der Waals surface area contributed by atoms with Gasteiger partial charge in [0.15, 0.2) is 0 Å². The SMILES string of the molecule is COCCN(CCOC)C1=C(c2ccccc2)C(=O)N(CCc2c[nH]c3ccccc23)C1=O. The van der Waals surface area contributed by atoms with E-state index in [1.807, 2.05) is 65.7 Å². The minimum atomic E-state index is -0.272. The van der Waals surface area contributed by atoms with Crippen LogP contribution in [0.2, 0.25) is 0 Å². The van der Waals surface area contributed by atoms with Crippen LogP contribution in [0.25, 0.3) is 16.5 Å². The van der Waals surface area contributed by atoms with Crippen molar-refractivity contribution >= 4 is 28.3 Å². The van der Waals surface area contributed by atoms with Crippen LogP contribution in [0.15, 0.2) is 66.5 Å². The fraction of sp³-hybridized carbons (Fsp3) is 0.308. The summed E-state index contributed by atoms with van der Waals surface area (Å²) in [4.78, 5) is 33.7. The van der Waals surface area contributed by atoms with Crippen LogP contribution < -0.4 is 0 Å². The molecule has 7 nitrogen and oxygen atoms in total. The molecule has 0 saturated heterocycles. The van der Waals surface area contributed by atoms with Crippen LogP contribution in [0, 0.1) is 0 Å². The molecule has 0 fully saturated rings. The highest BCUT2D eigenvalue weighted by molar-refractivity contribution is 6.35. The second kappa shape index (κ2) is 10.5. The highest BCUT2D eigenvalue weighted by Crippen LogP contribution is 2.32. The fourth-order valence-electron chi connectivity index (χ4n) is 4.23. The van der Waals surface area contributed by atoms with Crippen molar-refractivity contribution in [3.63, 3.8) is 0 Å². The lowest BCUT2D eigenvalue weighted by Crippen LogP contribution is -2.38. The Bertz CT molecular complexity index is 1140. The van der Waals surface area contributed by atoms with Crippen molar-refractivity contribution in [2.75, 3.05) is 47.1 Å². The number of amides is 2. The lowest BCUT2D eigenvalue weighted by Gasteiger charge is -2.25. The van der Waals surface area contributed by atoms with Gasteiger partial charge in [0.1, 0.15) is 5.70 Å². The molecule has 172 valence electrons. The Balaban J connectivity index is 1.65. The fourth-order valence-corrected chi connectivity index (χ4v) is 4.23. The van der Waals surface area contributed by atoms with E-state index in [4.69, 9.17) is 9.47 Å². The number of carbonyl (C=O) groups excluding carboxylic acids is 2. The second-order valence-electron chi connectivity index (χ2n) is 7.93. The largest absolute Gasteiger partial charge is 0.383 e. The summed E-state index contributed by atoms with van der Waals surface area (Å²) in [7, 11) is 3.24. The van der Waals surface area contributed by atoms with Gasteiger partial charge in [0.25, 0.3) is 11.8 Å². The maximum absolute atomic E-state index is 13.6. The third-order valence-electron chi connectivity index (χ3n) is 5.93. The predicted octanol–water partition coefficient (Wildman–Crippen LogP) is 3.09. The minimum absolute atomic E-state index is 0.263. The van der Waals surface area contributed by atoms with E-state index in [0.717, 1.165) is 22.0 Å². The van der Waals surface area contributed by atoms with Gasteiger partial charge in [0.05, 0.1) is 18.8 Å². The molecule has 0 atom stereocenters. The number of ether oxygens (including phenoxy) is 2. The van der Waals surface area contributed by atoms with Gasteiger partial charge in [-0.1, -0.05) is 48.5 Å². The van der Waals surface area contributed by atoms with Crippen LogP contribution in [0.3, 0.4) is 0 Å². The van der Waals surface area contributed by atoms with E-state index in [0.29, 0.717) is 50.5 Å². The molecule has 2 heterocycles. The summed E-state index contributed by atoms with van der Waals surface area (Å²) in [6.07, 6.45) is 2.53. The Labute approximate surface area is 193 Å². The third-order valence-corrected chi connectivity index (χ3v) is 5.93. The maximum Gasteiger partial charge on any atom is 0.277 e. The van der Waals surface area contributed by atoms with Crippen LogP contribution in [-0.4, -0.2) is 73.7 Å².